The van der Waals surface area contributed by atoms with Gasteiger partial charge in [0.15, 0.2) is 5.82 Å². The summed E-state index contributed by atoms with van der Waals surface area (Å²) in [6, 6.07) is 0. The highest BCUT2D eigenvalue weighted by Crippen LogP contribution is 2.31. The van der Waals surface area contributed by atoms with Gasteiger partial charge in [-0.05, 0) is 33.1 Å². The number of carbonyl (C=O) groups is 1. The van der Waals surface area contributed by atoms with Gasteiger partial charge in [0.2, 0.25) is 0 Å². The molecule has 2 fully saturated rings. The van der Waals surface area contributed by atoms with E-state index in [0.717, 1.165) is 68.5 Å². The molecule has 1 amide bonds. The molecule has 0 spiro atoms. The Morgan fingerprint density at radius 1 is 1.31 bits per heavy atom. The molecule has 0 radical (unpaired) electrons. The quantitative estimate of drug-likeness (QED) is 0.901. The molecule has 2 aromatic heterocycles. The minimum absolute atomic E-state index is 0.0842. The number of hydrogen-bond donors (Lipinski definition) is 1. The lowest BCUT2D eigenvalue weighted by Crippen LogP contribution is -2.29. The van der Waals surface area contributed by atoms with Crippen LogP contribution in [0, 0.1) is 6.92 Å². The van der Waals surface area contributed by atoms with Crippen molar-refractivity contribution >= 4 is 5.91 Å². The fraction of sp³-hybridized carbons (Fsp3) is 0.667. The summed E-state index contributed by atoms with van der Waals surface area (Å²) in [6.45, 7) is 7.60. The third kappa shape index (κ3) is 3.25. The van der Waals surface area contributed by atoms with E-state index in [1.807, 2.05) is 29.6 Å². The van der Waals surface area contributed by atoms with E-state index in [0.29, 0.717) is 12.5 Å². The maximum atomic E-state index is 13.2. The summed E-state index contributed by atoms with van der Waals surface area (Å²) < 4.78 is 7.35. The van der Waals surface area contributed by atoms with Crippen LogP contribution in [0.1, 0.15) is 65.7 Å². The minimum Gasteiger partial charge on any atom is -0.381 e. The van der Waals surface area contributed by atoms with E-state index in [9.17, 15) is 4.79 Å². The highest BCUT2D eigenvalue weighted by atomic mass is 16.5. The van der Waals surface area contributed by atoms with Crippen LogP contribution in [0.25, 0.3) is 0 Å². The fourth-order valence-corrected chi connectivity index (χ4v) is 3.90. The van der Waals surface area contributed by atoms with Crippen LogP contribution in [0.15, 0.2) is 6.20 Å². The highest BCUT2D eigenvalue weighted by molar-refractivity contribution is 5.95. The second-order valence-corrected chi connectivity index (χ2v) is 7.19. The molecule has 26 heavy (non-hydrogen) atoms. The lowest BCUT2D eigenvalue weighted by molar-refractivity contribution is 0.0768. The van der Waals surface area contributed by atoms with Crippen molar-refractivity contribution in [3.8, 4) is 0 Å². The Kier molecular flexibility index (Phi) is 4.76. The van der Waals surface area contributed by atoms with Gasteiger partial charge in [-0.15, -0.1) is 0 Å². The van der Waals surface area contributed by atoms with Gasteiger partial charge >= 0.3 is 0 Å². The van der Waals surface area contributed by atoms with Crippen molar-refractivity contribution in [1.29, 1.82) is 0 Å². The maximum Gasteiger partial charge on any atom is 0.257 e. The molecular weight excluding hydrogens is 332 g/mol. The number of nitrogens with one attached hydrogen (secondary N) is 1. The Hall–Kier alpha value is -2.22. The molecule has 0 aliphatic carbocycles. The molecule has 1 atom stereocenters. The Bertz CT molecular complexity index is 776. The number of ether oxygens (including phenoxy) is 1. The van der Waals surface area contributed by atoms with Gasteiger partial charge in [0.05, 0.1) is 11.3 Å². The molecule has 0 aromatic carbocycles. The number of aromatic nitrogens is 5. The minimum atomic E-state index is 0.0842. The van der Waals surface area contributed by atoms with Gasteiger partial charge in [-0.25, -0.2) is 4.98 Å². The molecule has 8 heteroatoms. The monoisotopic (exact) mass is 358 g/mol. The highest BCUT2D eigenvalue weighted by Gasteiger charge is 2.33. The van der Waals surface area contributed by atoms with Crippen LogP contribution in [0.2, 0.25) is 0 Å². The molecule has 1 N–H and O–H groups in total. The van der Waals surface area contributed by atoms with Crippen molar-refractivity contribution in [1.82, 2.24) is 29.9 Å². The number of hydrogen-bond acceptors (Lipinski definition) is 5. The van der Waals surface area contributed by atoms with Gasteiger partial charge in [-0.3, -0.25) is 14.6 Å². The molecule has 0 bridgehead atoms. The van der Waals surface area contributed by atoms with Crippen LogP contribution >= 0.6 is 0 Å². The maximum absolute atomic E-state index is 13.2. The predicted octanol–water partition coefficient (Wildman–Crippen LogP) is 1.85. The smallest absolute Gasteiger partial charge is 0.257 e. The summed E-state index contributed by atoms with van der Waals surface area (Å²) in [5, 5.41) is 11.9. The number of aromatic amines is 1. The summed E-state index contributed by atoms with van der Waals surface area (Å²) in [4.78, 5) is 19.6. The summed E-state index contributed by atoms with van der Waals surface area (Å²) in [7, 11) is 0. The van der Waals surface area contributed by atoms with Crippen LogP contribution in [0.4, 0.5) is 0 Å². The van der Waals surface area contributed by atoms with E-state index < -0.39 is 0 Å². The van der Waals surface area contributed by atoms with Gasteiger partial charge in [0.25, 0.3) is 5.91 Å². The molecule has 2 aromatic rings. The van der Waals surface area contributed by atoms with E-state index >= 15 is 0 Å². The van der Waals surface area contributed by atoms with Crippen LogP contribution in [0.5, 0.6) is 0 Å². The Labute approximate surface area is 152 Å². The first kappa shape index (κ1) is 17.2. The van der Waals surface area contributed by atoms with E-state index in [1.165, 1.54) is 0 Å². The molecule has 1 unspecified atom stereocenters. The van der Waals surface area contributed by atoms with E-state index in [1.54, 1.807) is 0 Å². The molecule has 2 aliphatic heterocycles. The van der Waals surface area contributed by atoms with Crippen LogP contribution in [-0.4, -0.2) is 62.1 Å². The Morgan fingerprint density at radius 2 is 2.12 bits per heavy atom. The Balaban J connectivity index is 1.53. The largest absolute Gasteiger partial charge is 0.381 e. The van der Waals surface area contributed by atoms with Gasteiger partial charge in [-0.2, -0.15) is 10.2 Å². The number of amides is 1. The van der Waals surface area contributed by atoms with Gasteiger partial charge < -0.3 is 9.64 Å². The molecule has 4 heterocycles. The first-order valence-electron chi connectivity index (χ1n) is 9.49. The van der Waals surface area contributed by atoms with Gasteiger partial charge in [0.1, 0.15) is 5.82 Å². The Morgan fingerprint density at radius 3 is 2.81 bits per heavy atom. The third-order valence-corrected chi connectivity index (χ3v) is 5.41. The van der Waals surface area contributed by atoms with Crippen LogP contribution < -0.4 is 0 Å². The van der Waals surface area contributed by atoms with E-state index in [-0.39, 0.29) is 11.8 Å². The molecular formula is C18H26N6O2. The predicted molar refractivity (Wildman–Crippen MR) is 95.1 cm³/mol. The van der Waals surface area contributed by atoms with Crippen molar-refractivity contribution in [2.45, 2.75) is 51.5 Å². The molecule has 4 rings (SSSR count). The molecule has 2 saturated heterocycles. The van der Waals surface area contributed by atoms with Crippen LogP contribution in [0.3, 0.4) is 0 Å². The zero-order valence-electron chi connectivity index (χ0n) is 15.4. The van der Waals surface area contributed by atoms with E-state index in [2.05, 4.69) is 15.2 Å². The van der Waals surface area contributed by atoms with Crippen molar-refractivity contribution in [2.75, 3.05) is 26.3 Å². The van der Waals surface area contributed by atoms with Crippen LogP contribution in [-0.2, 0) is 11.3 Å². The van der Waals surface area contributed by atoms with E-state index in [4.69, 9.17) is 9.84 Å². The fourth-order valence-electron chi connectivity index (χ4n) is 3.90. The normalized spacial score (nSPS) is 21.5. The first-order valence-corrected chi connectivity index (χ1v) is 9.49. The van der Waals surface area contributed by atoms with Gasteiger partial charge in [-0.1, -0.05) is 0 Å². The second kappa shape index (κ2) is 7.19. The summed E-state index contributed by atoms with van der Waals surface area (Å²) in [5.74, 6) is 2.23. The number of carbonyl (C=O) groups excluding carboxylic acids is 1. The molecule has 140 valence electrons. The zero-order valence-corrected chi connectivity index (χ0v) is 15.4. The number of aryl methyl sites for hydroxylation is 2. The second-order valence-electron chi connectivity index (χ2n) is 7.19. The van der Waals surface area contributed by atoms with Gasteiger partial charge in [0, 0.05) is 50.9 Å². The topological polar surface area (TPSA) is 88.9 Å². The molecule has 0 saturated carbocycles. The van der Waals surface area contributed by atoms with Crippen molar-refractivity contribution < 1.29 is 9.53 Å². The van der Waals surface area contributed by atoms with Crippen molar-refractivity contribution in [3.63, 3.8) is 0 Å². The lowest BCUT2D eigenvalue weighted by atomic mass is 9.93. The summed E-state index contributed by atoms with van der Waals surface area (Å²) in [6.07, 6.45) is 4.68. The third-order valence-electron chi connectivity index (χ3n) is 5.41. The standard InChI is InChI=1S/C18H26N6O2/c1-3-24-11-15(16(22-24)13-5-8-26-9-6-13)18(25)23-7-4-14(10-23)17-19-12(2)20-21-17/h11,13-14H,3-10H2,1-2H3,(H,19,20,21). The zero-order chi connectivity index (χ0) is 18.1. The molecule has 8 nitrogen and oxygen atoms in total. The average molecular weight is 358 g/mol. The summed E-state index contributed by atoms with van der Waals surface area (Å²) in [5.41, 5.74) is 1.70. The number of rotatable bonds is 4. The average Bonchev–Trinajstić information content (AvgIpc) is 3.40. The van der Waals surface area contributed by atoms with Crippen molar-refractivity contribution in [2.24, 2.45) is 0 Å². The number of H-pyrrole nitrogens is 1. The number of likely N-dealkylation sites (tertiary alicyclic amines) is 1. The number of nitrogens with zero attached hydrogens (tertiary/aromatic N) is 5. The summed E-state index contributed by atoms with van der Waals surface area (Å²) >= 11 is 0. The van der Waals surface area contributed by atoms with Crippen molar-refractivity contribution in [3.05, 3.63) is 29.1 Å². The lowest BCUT2D eigenvalue weighted by Gasteiger charge is -2.22. The SMILES string of the molecule is CCn1cc(C(=O)N2CCC(c3n[nH]c(C)n3)C2)c(C2CCOCC2)n1. The molecule has 2 aliphatic rings. The first-order chi connectivity index (χ1) is 12.7.